The van der Waals surface area contributed by atoms with Crippen molar-refractivity contribution in [3.63, 3.8) is 0 Å². The highest BCUT2D eigenvalue weighted by Gasteiger charge is 2.22. The van der Waals surface area contributed by atoms with Crippen LogP contribution in [-0.4, -0.2) is 16.7 Å². The molecule has 0 saturated heterocycles. The number of thiazole rings is 1. The lowest BCUT2D eigenvalue weighted by molar-refractivity contribution is 0.207. The third-order valence-corrected chi connectivity index (χ3v) is 2.31. The molecule has 0 amide bonds. The molecule has 3 N–H and O–H groups in total. The van der Waals surface area contributed by atoms with Gasteiger partial charge in [0.2, 0.25) is 0 Å². The van der Waals surface area contributed by atoms with Crippen molar-refractivity contribution in [3.05, 3.63) is 16.1 Å². The van der Waals surface area contributed by atoms with Crippen LogP contribution in [-0.2, 0) is 5.54 Å². The highest BCUT2D eigenvalue weighted by molar-refractivity contribution is 7.09. The van der Waals surface area contributed by atoms with E-state index in [9.17, 15) is 0 Å². The zero-order chi connectivity index (χ0) is 8.48. The lowest BCUT2D eigenvalue weighted by Crippen LogP contribution is -2.37. The lowest BCUT2D eigenvalue weighted by atomic mass is 10.0. The molecule has 1 unspecified atom stereocenters. The molecule has 0 fully saturated rings. The van der Waals surface area contributed by atoms with Crippen LogP contribution < -0.4 is 5.73 Å². The first-order valence-electron chi connectivity index (χ1n) is 3.38. The molecule has 1 aromatic heterocycles. The Hall–Kier alpha value is -0.450. The third-order valence-electron chi connectivity index (χ3n) is 1.53. The summed E-state index contributed by atoms with van der Waals surface area (Å²) >= 11 is 1.54. The lowest BCUT2D eigenvalue weighted by Gasteiger charge is -2.18. The number of aliphatic hydroxyl groups is 1. The maximum absolute atomic E-state index is 8.90. The first kappa shape index (κ1) is 8.64. The number of nitrogens with zero attached hydrogens (tertiary/aromatic N) is 1. The molecule has 0 saturated carbocycles. The van der Waals surface area contributed by atoms with Crippen LogP contribution in [0.5, 0.6) is 0 Å². The molecule has 4 heteroatoms. The fourth-order valence-electron chi connectivity index (χ4n) is 0.707. The molecule has 62 valence electrons. The minimum absolute atomic E-state index is 0.0732. The number of aryl methyl sites for hydroxylation is 1. The number of aliphatic hydroxyl groups excluding tert-OH is 1. The van der Waals surface area contributed by atoms with Gasteiger partial charge in [0, 0.05) is 5.38 Å². The monoisotopic (exact) mass is 172 g/mol. The quantitative estimate of drug-likeness (QED) is 0.687. The summed E-state index contributed by atoms with van der Waals surface area (Å²) < 4.78 is 0. The molecule has 11 heavy (non-hydrogen) atoms. The van der Waals surface area contributed by atoms with Crippen LogP contribution in [0.3, 0.4) is 0 Å². The highest BCUT2D eigenvalue weighted by Crippen LogP contribution is 2.18. The molecular weight excluding hydrogens is 160 g/mol. The van der Waals surface area contributed by atoms with E-state index in [0.29, 0.717) is 0 Å². The Morgan fingerprint density at radius 1 is 1.82 bits per heavy atom. The normalized spacial score (nSPS) is 16.4. The third kappa shape index (κ3) is 1.77. The highest BCUT2D eigenvalue weighted by atomic mass is 32.1. The van der Waals surface area contributed by atoms with Gasteiger partial charge >= 0.3 is 0 Å². The van der Waals surface area contributed by atoms with Crippen molar-refractivity contribution in [2.75, 3.05) is 6.61 Å². The van der Waals surface area contributed by atoms with E-state index in [1.54, 1.807) is 18.3 Å². The van der Waals surface area contributed by atoms with Crippen LogP contribution in [0.15, 0.2) is 5.38 Å². The van der Waals surface area contributed by atoms with Gasteiger partial charge < -0.3 is 10.8 Å². The van der Waals surface area contributed by atoms with Crippen molar-refractivity contribution in [3.8, 4) is 0 Å². The number of hydrogen-bond donors (Lipinski definition) is 2. The van der Waals surface area contributed by atoms with E-state index in [2.05, 4.69) is 4.98 Å². The Morgan fingerprint density at radius 3 is 2.82 bits per heavy atom. The van der Waals surface area contributed by atoms with E-state index in [1.807, 2.05) is 12.3 Å². The Labute approximate surface area is 69.9 Å². The van der Waals surface area contributed by atoms with Gasteiger partial charge in [0.25, 0.3) is 0 Å². The predicted molar refractivity (Wildman–Crippen MR) is 45.5 cm³/mol. The van der Waals surface area contributed by atoms with E-state index in [1.165, 1.54) is 0 Å². The minimum Gasteiger partial charge on any atom is -0.394 e. The molecule has 0 aliphatic rings. The van der Waals surface area contributed by atoms with Gasteiger partial charge in [-0.3, -0.25) is 0 Å². The average Bonchev–Trinajstić information content (AvgIpc) is 2.36. The fourth-order valence-corrected chi connectivity index (χ4v) is 1.46. The topological polar surface area (TPSA) is 59.1 Å². The van der Waals surface area contributed by atoms with E-state index in [4.69, 9.17) is 10.8 Å². The second kappa shape index (κ2) is 2.89. The predicted octanol–water partition coefficient (Wildman–Crippen LogP) is 0.618. The Morgan fingerprint density at radius 2 is 2.45 bits per heavy atom. The molecular formula is C7H12N2OS. The van der Waals surface area contributed by atoms with Crippen LogP contribution in [0, 0.1) is 6.92 Å². The van der Waals surface area contributed by atoms with Crippen molar-refractivity contribution in [1.82, 2.24) is 4.98 Å². The Bertz CT molecular complexity index is 244. The summed E-state index contributed by atoms with van der Waals surface area (Å²) in [5, 5.41) is 11.8. The van der Waals surface area contributed by atoms with Crippen LogP contribution in [0.1, 0.15) is 17.6 Å². The molecule has 0 aliphatic carbocycles. The second-order valence-electron chi connectivity index (χ2n) is 2.83. The van der Waals surface area contributed by atoms with Crippen molar-refractivity contribution in [1.29, 1.82) is 0 Å². The zero-order valence-corrected chi connectivity index (χ0v) is 7.48. The first-order valence-corrected chi connectivity index (χ1v) is 4.26. The van der Waals surface area contributed by atoms with Gasteiger partial charge in [-0.1, -0.05) is 0 Å². The molecule has 1 heterocycles. The molecule has 0 aromatic carbocycles. The van der Waals surface area contributed by atoms with Crippen LogP contribution in [0.25, 0.3) is 0 Å². The maximum Gasteiger partial charge on any atom is 0.0898 e. The summed E-state index contributed by atoms with van der Waals surface area (Å²) in [6.45, 7) is 3.61. The summed E-state index contributed by atoms with van der Waals surface area (Å²) in [6.07, 6.45) is 0. The molecule has 1 aromatic rings. The summed E-state index contributed by atoms with van der Waals surface area (Å²) in [5.41, 5.74) is 5.82. The molecule has 3 nitrogen and oxygen atoms in total. The number of rotatable bonds is 2. The van der Waals surface area contributed by atoms with E-state index < -0.39 is 5.54 Å². The summed E-state index contributed by atoms with van der Waals surface area (Å²) in [4.78, 5) is 4.19. The van der Waals surface area contributed by atoms with Crippen LogP contribution in [0.4, 0.5) is 0 Å². The number of aromatic nitrogens is 1. The SMILES string of the molecule is Cc1nc(C(C)(N)CO)cs1. The summed E-state index contributed by atoms with van der Waals surface area (Å²) in [6, 6.07) is 0. The molecule has 1 rings (SSSR count). The van der Waals surface area contributed by atoms with Gasteiger partial charge in [0.05, 0.1) is 22.8 Å². The molecule has 0 spiro atoms. The van der Waals surface area contributed by atoms with E-state index >= 15 is 0 Å². The minimum atomic E-state index is -0.690. The largest absolute Gasteiger partial charge is 0.394 e. The van der Waals surface area contributed by atoms with E-state index in [0.717, 1.165) is 10.7 Å². The maximum atomic E-state index is 8.90. The van der Waals surface area contributed by atoms with Gasteiger partial charge in [-0.2, -0.15) is 0 Å². The van der Waals surface area contributed by atoms with E-state index in [-0.39, 0.29) is 6.61 Å². The van der Waals surface area contributed by atoms with Crippen molar-refractivity contribution in [2.24, 2.45) is 5.73 Å². The second-order valence-corrected chi connectivity index (χ2v) is 3.89. The molecule has 1 atom stereocenters. The van der Waals surface area contributed by atoms with Gasteiger partial charge in [-0.05, 0) is 13.8 Å². The zero-order valence-electron chi connectivity index (χ0n) is 6.66. The van der Waals surface area contributed by atoms with Crippen molar-refractivity contribution >= 4 is 11.3 Å². The smallest absolute Gasteiger partial charge is 0.0898 e. The van der Waals surface area contributed by atoms with Crippen molar-refractivity contribution in [2.45, 2.75) is 19.4 Å². The Balaban J connectivity index is 2.92. The van der Waals surface area contributed by atoms with Crippen LogP contribution in [0.2, 0.25) is 0 Å². The van der Waals surface area contributed by atoms with Gasteiger partial charge in [0.1, 0.15) is 0 Å². The molecule has 0 bridgehead atoms. The van der Waals surface area contributed by atoms with Gasteiger partial charge in [-0.25, -0.2) is 4.98 Å². The van der Waals surface area contributed by atoms with Gasteiger partial charge in [-0.15, -0.1) is 11.3 Å². The summed E-state index contributed by atoms with van der Waals surface area (Å²) in [5.74, 6) is 0. The fraction of sp³-hybridized carbons (Fsp3) is 0.571. The number of nitrogens with two attached hydrogens (primary N) is 1. The van der Waals surface area contributed by atoms with Crippen LogP contribution >= 0.6 is 11.3 Å². The molecule has 0 aliphatic heterocycles. The Kier molecular flexibility index (Phi) is 2.27. The average molecular weight is 172 g/mol. The number of hydrogen-bond acceptors (Lipinski definition) is 4. The van der Waals surface area contributed by atoms with Gasteiger partial charge in [0.15, 0.2) is 0 Å². The summed E-state index contributed by atoms with van der Waals surface area (Å²) in [7, 11) is 0. The first-order chi connectivity index (χ1) is 5.06. The van der Waals surface area contributed by atoms with Crippen molar-refractivity contribution < 1.29 is 5.11 Å². The molecule has 0 radical (unpaired) electrons. The standard InChI is InChI=1S/C7H12N2OS/c1-5-9-6(3-11-5)7(2,8)4-10/h3,10H,4,8H2,1-2H3.